The van der Waals surface area contributed by atoms with Crippen LogP contribution in [0.1, 0.15) is 26.7 Å². The van der Waals surface area contributed by atoms with Crippen LogP contribution in [0.5, 0.6) is 11.5 Å². The van der Waals surface area contributed by atoms with E-state index in [0.29, 0.717) is 12.4 Å². The lowest BCUT2D eigenvalue weighted by Gasteiger charge is -2.30. The van der Waals surface area contributed by atoms with Gasteiger partial charge in [0.2, 0.25) is 0 Å². The average Bonchev–Trinajstić information content (AvgIpc) is 2.62. The Kier molecular flexibility index (Phi) is 7.85. The molecule has 1 atom stereocenters. The van der Waals surface area contributed by atoms with E-state index >= 15 is 0 Å². The van der Waals surface area contributed by atoms with Crippen molar-refractivity contribution in [2.75, 3.05) is 52.3 Å². The number of likely N-dealkylation sites (tertiary alicyclic amines) is 1. The van der Waals surface area contributed by atoms with Gasteiger partial charge in [-0.1, -0.05) is 6.92 Å². The first-order valence-electron chi connectivity index (χ1n) is 9.17. The van der Waals surface area contributed by atoms with Crippen molar-refractivity contribution in [1.82, 2.24) is 10.2 Å². The number of guanidine groups is 1. The number of piperidine rings is 1. The fourth-order valence-electron chi connectivity index (χ4n) is 3.16. The van der Waals surface area contributed by atoms with E-state index < -0.39 is 0 Å². The van der Waals surface area contributed by atoms with Crippen molar-refractivity contribution in [2.45, 2.75) is 26.7 Å². The summed E-state index contributed by atoms with van der Waals surface area (Å²) in [6.07, 6.45) is 2.66. The third kappa shape index (κ3) is 6.12. The fraction of sp³-hybridized carbons (Fsp3) is 0.632. The molecule has 1 unspecified atom stereocenters. The molecule has 1 saturated heterocycles. The number of rotatable bonds is 7. The zero-order chi connectivity index (χ0) is 18.1. The number of nitrogens with one attached hydrogen (secondary N) is 2. The molecule has 0 aromatic heterocycles. The van der Waals surface area contributed by atoms with E-state index in [1.54, 1.807) is 14.2 Å². The lowest BCUT2D eigenvalue weighted by molar-refractivity contribution is 0.187. The molecule has 25 heavy (non-hydrogen) atoms. The van der Waals surface area contributed by atoms with Crippen molar-refractivity contribution in [3.8, 4) is 11.5 Å². The van der Waals surface area contributed by atoms with Gasteiger partial charge in [-0.15, -0.1) is 0 Å². The second kappa shape index (κ2) is 10.1. The van der Waals surface area contributed by atoms with E-state index in [9.17, 15) is 0 Å². The third-order valence-corrected chi connectivity index (χ3v) is 4.41. The van der Waals surface area contributed by atoms with Crippen molar-refractivity contribution in [3.63, 3.8) is 0 Å². The maximum atomic E-state index is 5.55. The summed E-state index contributed by atoms with van der Waals surface area (Å²) < 4.78 is 10.9. The van der Waals surface area contributed by atoms with Crippen LogP contribution < -0.4 is 20.1 Å². The molecule has 140 valence electrons. The smallest absolute Gasteiger partial charge is 0.195 e. The van der Waals surface area contributed by atoms with Crippen molar-refractivity contribution in [3.05, 3.63) is 18.2 Å². The number of aliphatic imine (C=N–C) groups is 1. The molecule has 6 heteroatoms. The third-order valence-electron chi connectivity index (χ3n) is 4.41. The van der Waals surface area contributed by atoms with Gasteiger partial charge in [0.1, 0.15) is 0 Å². The predicted octanol–water partition coefficient (Wildman–Crippen LogP) is 2.81. The normalized spacial score (nSPS) is 18.7. The van der Waals surface area contributed by atoms with Gasteiger partial charge in [0, 0.05) is 38.4 Å². The summed E-state index contributed by atoms with van der Waals surface area (Å²) in [5.41, 5.74) is 0.917. The zero-order valence-electron chi connectivity index (χ0n) is 16.0. The average molecular weight is 348 g/mol. The Morgan fingerprint density at radius 1 is 1.36 bits per heavy atom. The SMILES string of the molecule is CCOc1ccc(NC(=NC)NCCN2CCCC(C)C2)cc1OC. The predicted molar refractivity (Wildman–Crippen MR) is 104 cm³/mol. The second-order valence-corrected chi connectivity index (χ2v) is 6.47. The monoisotopic (exact) mass is 348 g/mol. The molecule has 1 aromatic carbocycles. The van der Waals surface area contributed by atoms with E-state index in [1.165, 1.54) is 25.9 Å². The number of ether oxygens (including phenoxy) is 2. The first kappa shape index (κ1) is 19.4. The number of anilines is 1. The second-order valence-electron chi connectivity index (χ2n) is 6.47. The van der Waals surface area contributed by atoms with E-state index in [2.05, 4.69) is 27.4 Å². The number of methoxy groups -OCH3 is 1. The Labute approximate surface area is 151 Å². The van der Waals surface area contributed by atoms with Crippen LogP contribution in [0, 0.1) is 5.92 Å². The lowest BCUT2D eigenvalue weighted by atomic mass is 10.0. The summed E-state index contributed by atoms with van der Waals surface area (Å²) in [6, 6.07) is 5.80. The van der Waals surface area contributed by atoms with Crippen LogP contribution in [-0.4, -0.2) is 57.8 Å². The maximum absolute atomic E-state index is 5.55. The molecule has 1 aliphatic heterocycles. The molecule has 1 fully saturated rings. The number of nitrogens with zero attached hydrogens (tertiary/aromatic N) is 2. The molecule has 1 aromatic rings. The van der Waals surface area contributed by atoms with E-state index in [0.717, 1.165) is 36.4 Å². The van der Waals surface area contributed by atoms with Gasteiger partial charge in [0.05, 0.1) is 13.7 Å². The van der Waals surface area contributed by atoms with Gasteiger partial charge >= 0.3 is 0 Å². The minimum absolute atomic E-state index is 0.613. The summed E-state index contributed by atoms with van der Waals surface area (Å²) in [5, 5.41) is 6.69. The van der Waals surface area contributed by atoms with Gasteiger partial charge in [0.15, 0.2) is 17.5 Å². The zero-order valence-corrected chi connectivity index (χ0v) is 16.0. The Hall–Kier alpha value is -1.95. The van der Waals surface area contributed by atoms with Crippen LogP contribution in [0.3, 0.4) is 0 Å². The van der Waals surface area contributed by atoms with Gasteiger partial charge in [-0.2, -0.15) is 0 Å². The first-order chi connectivity index (χ1) is 12.2. The highest BCUT2D eigenvalue weighted by molar-refractivity contribution is 5.93. The quantitative estimate of drug-likeness (QED) is 0.586. The van der Waals surface area contributed by atoms with Crippen LogP contribution in [0.25, 0.3) is 0 Å². The minimum atomic E-state index is 0.613. The molecule has 1 heterocycles. The van der Waals surface area contributed by atoms with Crippen molar-refractivity contribution < 1.29 is 9.47 Å². The van der Waals surface area contributed by atoms with Gasteiger partial charge < -0.3 is 25.0 Å². The number of hydrogen-bond acceptors (Lipinski definition) is 4. The molecule has 0 radical (unpaired) electrons. The topological polar surface area (TPSA) is 58.1 Å². The summed E-state index contributed by atoms with van der Waals surface area (Å²) in [7, 11) is 3.43. The molecule has 0 saturated carbocycles. The Morgan fingerprint density at radius 2 is 2.20 bits per heavy atom. The molecule has 2 N–H and O–H groups in total. The van der Waals surface area contributed by atoms with Gasteiger partial charge in [0.25, 0.3) is 0 Å². The molecule has 0 aliphatic carbocycles. The van der Waals surface area contributed by atoms with Gasteiger partial charge in [-0.25, -0.2) is 0 Å². The maximum Gasteiger partial charge on any atom is 0.195 e. The van der Waals surface area contributed by atoms with Crippen LogP contribution >= 0.6 is 0 Å². The Balaban J connectivity index is 1.85. The highest BCUT2D eigenvalue weighted by atomic mass is 16.5. The van der Waals surface area contributed by atoms with Crippen LogP contribution in [0.15, 0.2) is 23.2 Å². The molecular weight excluding hydrogens is 316 g/mol. The molecular formula is C19H32N4O2. The molecule has 0 spiro atoms. The van der Waals surface area contributed by atoms with Crippen molar-refractivity contribution >= 4 is 11.6 Å². The van der Waals surface area contributed by atoms with Gasteiger partial charge in [-0.05, 0) is 44.4 Å². The van der Waals surface area contributed by atoms with E-state index in [4.69, 9.17) is 9.47 Å². The molecule has 2 rings (SSSR count). The lowest BCUT2D eigenvalue weighted by Crippen LogP contribution is -2.41. The van der Waals surface area contributed by atoms with Crippen LogP contribution in [-0.2, 0) is 0 Å². The van der Waals surface area contributed by atoms with Crippen molar-refractivity contribution in [1.29, 1.82) is 0 Å². The highest BCUT2D eigenvalue weighted by Gasteiger charge is 2.15. The van der Waals surface area contributed by atoms with Crippen LogP contribution in [0.4, 0.5) is 5.69 Å². The Morgan fingerprint density at radius 3 is 2.88 bits per heavy atom. The largest absolute Gasteiger partial charge is 0.493 e. The Bertz CT molecular complexity index is 562. The highest BCUT2D eigenvalue weighted by Crippen LogP contribution is 2.30. The molecule has 6 nitrogen and oxygen atoms in total. The van der Waals surface area contributed by atoms with Crippen molar-refractivity contribution in [2.24, 2.45) is 10.9 Å². The number of hydrogen-bond donors (Lipinski definition) is 2. The van der Waals surface area contributed by atoms with E-state index in [1.807, 2.05) is 25.1 Å². The van der Waals surface area contributed by atoms with Gasteiger partial charge in [-0.3, -0.25) is 4.99 Å². The standard InChI is InChI=1S/C19H32N4O2/c1-5-25-17-9-8-16(13-18(17)24-4)22-19(20-3)21-10-12-23-11-6-7-15(2)14-23/h8-9,13,15H,5-7,10-12,14H2,1-4H3,(H2,20,21,22). The minimum Gasteiger partial charge on any atom is -0.493 e. The summed E-state index contributed by atoms with van der Waals surface area (Å²) in [5.74, 6) is 3.03. The van der Waals surface area contributed by atoms with E-state index in [-0.39, 0.29) is 0 Å². The molecule has 0 bridgehead atoms. The number of benzene rings is 1. The summed E-state index contributed by atoms with van der Waals surface area (Å²) >= 11 is 0. The fourth-order valence-corrected chi connectivity index (χ4v) is 3.16. The summed E-state index contributed by atoms with van der Waals surface area (Å²) in [4.78, 5) is 6.82. The molecule has 1 aliphatic rings. The molecule has 0 amide bonds. The van der Waals surface area contributed by atoms with Crippen LogP contribution in [0.2, 0.25) is 0 Å². The first-order valence-corrected chi connectivity index (χ1v) is 9.17. The summed E-state index contributed by atoms with van der Waals surface area (Å²) in [6.45, 7) is 9.22.